The van der Waals surface area contributed by atoms with Gasteiger partial charge in [0.25, 0.3) is 0 Å². The Balaban J connectivity index is 1.80. The summed E-state index contributed by atoms with van der Waals surface area (Å²) in [5.74, 6) is -2.93. The molecule has 5 nitrogen and oxygen atoms in total. The van der Waals surface area contributed by atoms with E-state index < -0.39 is 23.5 Å². The van der Waals surface area contributed by atoms with Crippen molar-refractivity contribution in [3.63, 3.8) is 0 Å². The molecule has 0 bridgehead atoms. The van der Waals surface area contributed by atoms with Gasteiger partial charge in [0, 0.05) is 31.1 Å². The van der Waals surface area contributed by atoms with Crippen molar-refractivity contribution in [1.82, 2.24) is 10.6 Å². The van der Waals surface area contributed by atoms with E-state index in [0.717, 1.165) is 0 Å². The number of nitrogens with one attached hydrogen (secondary N) is 2. The van der Waals surface area contributed by atoms with E-state index >= 15 is 0 Å². The van der Waals surface area contributed by atoms with Crippen molar-refractivity contribution < 1.29 is 23.1 Å². The molecule has 0 saturated heterocycles. The largest absolute Gasteiger partial charge is 0.383 e. The van der Waals surface area contributed by atoms with E-state index in [2.05, 4.69) is 10.6 Å². The summed E-state index contributed by atoms with van der Waals surface area (Å²) < 4.78 is 32.0. The molecule has 1 aromatic rings. The van der Waals surface area contributed by atoms with Gasteiger partial charge in [0.05, 0.1) is 13.2 Å². The smallest absolute Gasteiger partial charge is 0.239 e. The van der Waals surface area contributed by atoms with Crippen molar-refractivity contribution in [2.75, 3.05) is 26.8 Å². The number of methoxy groups -OCH3 is 1. The number of hydrogen-bond acceptors (Lipinski definition) is 3. The number of rotatable bonds is 7. The average molecular weight is 312 g/mol. The van der Waals surface area contributed by atoms with Crippen molar-refractivity contribution in [1.29, 1.82) is 0 Å². The van der Waals surface area contributed by atoms with E-state index in [4.69, 9.17) is 4.74 Å². The number of carbonyl (C=O) groups is 2. The van der Waals surface area contributed by atoms with Crippen molar-refractivity contribution in [3.05, 3.63) is 35.4 Å². The second-order valence-electron chi connectivity index (χ2n) is 5.14. The molecular weight excluding hydrogens is 294 g/mol. The first-order chi connectivity index (χ1) is 10.5. The predicted molar refractivity (Wildman–Crippen MR) is 75.1 cm³/mol. The Morgan fingerprint density at radius 1 is 1.27 bits per heavy atom. The standard InChI is InChI=1S/C15H18F2N2O3/c1-22-6-5-18-13(20)8-19-15(21)10-7-9(10)14-11(16)3-2-4-12(14)17/h2-4,9-10H,5-8H2,1H3,(H,18,20)(H,19,21)/t9-,10-/m1/s1. The summed E-state index contributed by atoms with van der Waals surface area (Å²) in [5.41, 5.74) is -0.0489. The van der Waals surface area contributed by atoms with E-state index in [9.17, 15) is 18.4 Å². The molecular formula is C15H18F2N2O3. The van der Waals surface area contributed by atoms with Crippen molar-refractivity contribution in [2.24, 2.45) is 5.92 Å². The minimum absolute atomic E-state index is 0.0489. The van der Waals surface area contributed by atoms with Gasteiger partial charge < -0.3 is 15.4 Å². The summed E-state index contributed by atoms with van der Waals surface area (Å²) in [6, 6.07) is 3.64. The first kappa shape index (κ1) is 16.4. The Labute approximate surface area is 127 Å². The lowest BCUT2D eigenvalue weighted by molar-refractivity contribution is -0.126. The van der Waals surface area contributed by atoms with Crippen LogP contribution >= 0.6 is 0 Å². The summed E-state index contributed by atoms with van der Waals surface area (Å²) in [5, 5.41) is 5.03. The highest BCUT2D eigenvalue weighted by Crippen LogP contribution is 2.49. The third kappa shape index (κ3) is 4.00. The van der Waals surface area contributed by atoms with E-state index in [1.165, 1.54) is 25.3 Å². The highest BCUT2D eigenvalue weighted by Gasteiger charge is 2.46. The van der Waals surface area contributed by atoms with Crippen LogP contribution in [-0.2, 0) is 14.3 Å². The minimum atomic E-state index is -0.641. The minimum Gasteiger partial charge on any atom is -0.383 e. The molecule has 0 spiro atoms. The lowest BCUT2D eigenvalue weighted by atomic mass is 10.1. The van der Waals surface area contributed by atoms with E-state index in [0.29, 0.717) is 19.6 Å². The SMILES string of the molecule is COCCNC(=O)CNC(=O)[C@@H]1C[C@H]1c1c(F)cccc1F. The van der Waals surface area contributed by atoms with Crippen LogP contribution in [-0.4, -0.2) is 38.6 Å². The van der Waals surface area contributed by atoms with Crippen molar-refractivity contribution in [3.8, 4) is 0 Å². The molecule has 2 atom stereocenters. The number of benzene rings is 1. The van der Waals surface area contributed by atoms with Crippen LogP contribution in [0.4, 0.5) is 8.78 Å². The molecule has 0 unspecified atom stereocenters. The summed E-state index contributed by atoms with van der Waals surface area (Å²) >= 11 is 0. The molecule has 1 saturated carbocycles. The lowest BCUT2D eigenvalue weighted by Crippen LogP contribution is -2.38. The van der Waals surface area contributed by atoms with Gasteiger partial charge in [0.15, 0.2) is 0 Å². The van der Waals surface area contributed by atoms with Gasteiger partial charge in [-0.05, 0) is 18.6 Å². The molecule has 120 valence electrons. The zero-order valence-electron chi connectivity index (χ0n) is 12.2. The first-order valence-corrected chi connectivity index (χ1v) is 7.01. The fourth-order valence-corrected chi connectivity index (χ4v) is 2.32. The monoisotopic (exact) mass is 312 g/mol. The van der Waals surface area contributed by atoms with E-state index in [1.807, 2.05) is 0 Å². The molecule has 1 aliphatic rings. The molecule has 2 rings (SSSR count). The average Bonchev–Trinajstić information content (AvgIpc) is 3.25. The lowest BCUT2D eigenvalue weighted by Gasteiger charge is -2.07. The van der Waals surface area contributed by atoms with Crippen LogP contribution in [0.25, 0.3) is 0 Å². The number of ether oxygens (including phenoxy) is 1. The molecule has 0 aromatic heterocycles. The third-order valence-corrected chi connectivity index (χ3v) is 3.55. The van der Waals surface area contributed by atoms with Gasteiger partial charge in [0.2, 0.25) is 11.8 Å². The Morgan fingerprint density at radius 3 is 2.59 bits per heavy atom. The van der Waals surface area contributed by atoms with Crippen LogP contribution < -0.4 is 10.6 Å². The molecule has 1 fully saturated rings. The Hall–Kier alpha value is -2.02. The number of halogens is 2. The number of carbonyl (C=O) groups excluding carboxylic acids is 2. The maximum Gasteiger partial charge on any atom is 0.239 e. The Kier molecular flexibility index (Phi) is 5.43. The van der Waals surface area contributed by atoms with Crippen LogP contribution in [0.15, 0.2) is 18.2 Å². The van der Waals surface area contributed by atoms with Crippen LogP contribution in [0.1, 0.15) is 17.9 Å². The number of amides is 2. The molecule has 1 aliphatic carbocycles. The first-order valence-electron chi connectivity index (χ1n) is 7.01. The van der Waals surface area contributed by atoms with Gasteiger partial charge in [-0.15, -0.1) is 0 Å². The molecule has 7 heteroatoms. The third-order valence-electron chi connectivity index (χ3n) is 3.55. The number of hydrogen-bond donors (Lipinski definition) is 2. The van der Waals surface area contributed by atoms with Crippen LogP contribution in [0.5, 0.6) is 0 Å². The van der Waals surface area contributed by atoms with Crippen LogP contribution in [0.2, 0.25) is 0 Å². The van der Waals surface area contributed by atoms with E-state index in [1.54, 1.807) is 0 Å². The van der Waals surface area contributed by atoms with Gasteiger partial charge in [0.1, 0.15) is 11.6 Å². The van der Waals surface area contributed by atoms with Crippen LogP contribution in [0, 0.1) is 17.6 Å². The fraction of sp³-hybridized carbons (Fsp3) is 0.467. The molecule has 1 aromatic carbocycles. The van der Waals surface area contributed by atoms with Crippen LogP contribution in [0.3, 0.4) is 0 Å². The maximum absolute atomic E-state index is 13.6. The maximum atomic E-state index is 13.6. The fourth-order valence-electron chi connectivity index (χ4n) is 2.32. The molecule has 22 heavy (non-hydrogen) atoms. The molecule has 2 amide bonds. The Bertz CT molecular complexity index is 545. The highest BCUT2D eigenvalue weighted by molar-refractivity contribution is 5.87. The summed E-state index contributed by atoms with van der Waals surface area (Å²) in [7, 11) is 1.52. The summed E-state index contributed by atoms with van der Waals surface area (Å²) in [6.45, 7) is 0.583. The van der Waals surface area contributed by atoms with Gasteiger partial charge >= 0.3 is 0 Å². The molecule has 0 aliphatic heterocycles. The van der Waals surface area contributed by atoms with Gasteiger partial charge in [-0.2, -0.15) is 0 Å². The summed E-state index contributed by atoms with van der Waals surface area (Å²) in [4.78, 5) is 23.3. The normalized spacial score (nSPS) is 19.6. The van der Waals surface area contributed by atoms with Gasteiger partial charge in [-0.1, -0.05) is 6.07 Å². The predicted octanol–water partition coefficient (Wildman–Crippen LogP) is 0.947. The quantitative estimate of drug-likeness (QED) is 0.737. The zero-order chi connectivity index (χ0) is 16.1. The topological polar surface area (TPSA) is 67.4 Å². The highest BCUT2D eigenvalue weighted by atomic mass is 19.1. The molecule has 0 radical (unpaired) electrons. The second kappa shape index (κ2) is 7.31. The van der Waals surface area contributed by atoms with Gasteiger partial charge in [-0.3, -0.25) is 9.59 Å². The molecule has 0 heterocycles. The molecule has 2 N–H and O–H groups in total. The van der Waals surface area contributed by atoms with E-state index in [-0.39, 0.29) is 23.9 Å². The summed E-state index contributed by atoms with van der Waals surface area (Å²) in [6.07, 6.45) is 0.384. The Morgan fingerprint density at radius 2 is 1.95 bits per heavy atom. The van der Waals surface area contributed by atoms with Crippen molar-refractivity contribution >= 4 is 11.8 Å². The second-order valence-corrected chi connectivity index (χ2v) is 5.14. The van der Waals surface area contributed by atoms with Gasteiger partial charge in [-0.25, -0.2) is 8.78 Å². The van der Waals surface area contributed by atoms with Crippen molar-refractivity contribution in [2.45, 2.75) is 12.3 Å². The zero-order valence-corrected chi connectivity index (χ0v) is 12.2.